The Bertz CT molecular complexity index is 219. The topological polar surface area (TPSA) is 60.2 Å². The quantitative estimate of drug-likeness (QED) is 0.215. The Morgan fingerprint density at radius 1 is 0.944 bits per heavy atom. The van der Waals surface area contributed by atoms with Crippen LogP contribution in [0.3, 0.4) is 0 Å². The highest BCUT2D eigenvalue weighted by molar-refractivity contribution is 5.55. The highest BCUT2D eigenvalue weighted by Crippen LogP contribution is 2.12. The van der Waals surface area contributed by atoms with Gasteiger partial charge in [-0.1, -0.05) is 64.7 Å². The fourth-order valence-corrected chi connectivity index (χ4v) is 2.06. The average Bonchev–Trinajstić information content (AvgIpc) is 2.35. The van der Waals surface area contributed by atoms with Gasteiger partial charge in [0, 0.05) is 11.3 Å². The predicted octanol–water partition coefficient (Wildman–Crippen LogP) is 4.14. The second-order valence-electron chi connectivity index (χ2n) is 4.96. The SMILES string of the molecule is CCCCCCCCCCCCC(C=O)[N+](=O)[O-]. The lowest BCUT2D eigenvalue weighted by molar-refractivity contribution is -0.506. The zero-order chi connectivity index (χ0) is 13.6. The van der Waals surface area contributed by atoms with Crippen LogP contribution < -0.4 is 0 Å². The first-order valence-corrected chi connectivity index (χ1v) is 7.31. The zero-order valence-corrected chi connectivity index (χ0v) is 11.6. The summed E-state index contributed by atoms with van der Waals surface area (Å²) in [5.74, 6) is 0. The zero-order valence-electron chi connectivity index (χ0n) is 11.6. The van der Waals surface area contributed by atoms with Gasteiger partial charge < -0.3 is 0 Å². The molecule has 18 heavy (non-hydrogen) atoms. The number of carbonyl (C=O) groups is 1. The molecule has 0 fully saturated rings. The highest BCUT2D eigenvalue weighted by Gasteiger charge is 2.17. The summed E-state index contributed by atoms with van der Waals surface area (Å²) in [6.45, 7) is 2.22. The Labute approximate surface area is 110 Å². The first-order chi connectivity index (χ1) is 8.72. The van der Waals surface area contributed by atoms with Crippen LogP contribution in [-0.2, 0) is 4.79 Å². The third-order valence-electron chi connectivity index (χ3n) is 3.28. The minimum Gasteiger partial charge on any atom is -0.296 e. The van der Waals surface area contributed by atoms with Crippen molar-refractivity contribution in [1.29, 1.82) is 0 Å². The maximum absolute atomic E-state index is 10.4. The van der Waals surface area contributed by atoms with Gasteiger partial charge in [-0.15, -0.1) is 0 Å². The number of rotatable bonds is 13. The number of carbonyl (C=O) groups excluding carboxylic acids is 1. The molecule has 0 N–H and O–H groups in total. The molecule has 0 aromatic carbocycles. The maximum Gasteiger partial charge on any atom is 0.267 e. The van der Waals surface area contributed by atoms with E-state index < -0.39 is 11.0 Å². The molecule has 0 amide bonds. The molecule has 0 bridgehead atoms. The van der Waals surface area contributed by atoms with Crippen LogP contribution in [0.5, 0.6) is 0 Å². The molecule has 0 aliphatic rings. The van der Waals surface area contributed by atoms with E-state index in [-0.39, 0.29) is 0 Å². The van der Waals surface area contributed by atoms with E-state index in [0.717, 1.165) is 19.3 Å². The molecule has 0 heterocycles. The molecule has 0 spiro atoms. The second kappa shape index (κ2) is 12.5. The molecule has 0 radical (unpaired) electrons. The van der Waals surface area contributed by atoms with Gasteiger partial charge >= 0.3 is 0 Å². The Morgan fingerprint density at radius 3 is 1.78 bits per heavy atom. The Hall–Kier alpha value is -0.930. The summed E-state index contributed by atoms with van der Waals surface area (Å²) in [7, 11) is 0. The normalized spacial score (nSPS) is 12.3. The fraction of sp³-hybridized carbons (Fsp3) is 0.929. The van der Waals surface area contributed by atoms with E-state index in [9.17, 15) is 14.9 Å². The summed E-state index contributed by atoms with van der Waals surface area (Å²) >= 11 is 0. The Balaban J connectivity index is 3.20. The summed E-state index contributed by atoms with van der Waals surface area (Å²) in [5.41, 5.74) is 0. The van der Waals surface area contributed by atoms with Gasteiger partial charge in [0.15, 0.2) is 6.29 Å². The molecule has 1 atom stereocenters. The van der Waals surface area contributed by atoms with Crippen LogP contribution in [0.4, 0.5) is 0 Å². The van der Waals surface area contributed by atoms with Gasteiger partial charge in [0.05, 0.1) is 0 Å². The van der Waals surface area contributed by atoms with Crippen LogP contribution in [0.1, 0.15) is 77.6 Å². The molecule has 0 aliphatic heterocycles. The number of hydrogen-bond donors (Lipinski definition) is 0. The molecule has 4 heteroatoms. The summed E-state index contributed by atoms with van der Waals surface area (Å²) in [6, 6.07) is -0.987. The van der Waals surface area contributed by atoms with Crippen molar-refractivity contribution in [3.63, 3.8) is 0 Å². The molecule has 106 valence electrons. The molecular formula is C14H27NO3. The minimum atomic E-state index is -0.987. The van der Waals surface area contributed by atoms with Crippen molar-refractivity contribution >= 4 is 6.29 Å². The van der Waals surface area contributed by atoms with Crippen molar-refractivity contribution < 1.29 is 9.72 Å². The number of nitro groups is 1. The summed E-state index contributed by atoms with van der Waals surface area (Å²) in [5, 5.41) is 10.4. The van der Waals surface area contributed by atoms with Gasteiger partial charge in [-0.2, -0.15) is 0 Å². The number of unbranched alkanes of at least 4 members (excludes halogenated alkanes) is 9. The molecule has 0 saturated heterocycles. The van der Waals surface area contributed by atoms with E-state index in [2.05, 4.69) is 6.92 Å². The summed E-state index contributed by atoms with van der Waals surface area (Å²) in [6.07, 6.45) is 12.9. The van der Waals surface area contributed by atoms with Crippen LogP contribution in [0.15, 0.2) is 0 Å². The standard InChI is InChI=1S/C14H27NO3/c1-2-3-4-5-6-7-8-9-10-11-12-14(13-16)15(17)18/h13-14H,2-12H2,1H3. The Kier molecular flexibility index (Phi) is 11.9. The largest absolute Gasteiger partial charge is 0.296 e. The van der Waals surface area contributed by atoms with E-state index in [1.54, 1.807) is 0 Å². The van der Waals surface area contributed by atoms with Gasteiger partial charge in [0.1, 0.15) is 0 Å². The first kappa shape index (κ1) is 17.1. The van der Waals surface area contributed by atoms with Crippen LogP contribution in [0.2, 0.25) is 0 Å². The van der Waals surface area contributed by atoms with E-state index in [1.165, 1.54) is 44.9 Å². The lowest BCUT2D eigenvalue weighted by atomic mass is 10.0. The lowest BCUT2D eigenvalue weighted by Gasteiger charge is -2.03. The van der Waals surface area contributed by atoms with Crippen LogP contribution >= 0.6 is 0 Å². The lowest BCUT2D eigenvalue weighted by Crippen LogP contribution is -2.20. The van der Waals surface area contributed by atoms with Crippen LogP contribution in [0.25, 0.3) is 0 Å². The smallest absolute Gasteiger partial charge is 0.267 e. The predicted molar refractivity (Wildman–Crippen MR) is 73.3 cm³/mol. The van der Waals surface area contributed by atoms with Crippen molar-refractivity contribution in [2.24, 2.45) is 0 Å². The van der Waals surface area contributed by atoms with E-state index in [1.807, 2.05) is 0 Å². The van der Waals surface area contributed by atoms with Gasteiger partial charge in [-0.25, -0.2) is 0 Å². The fourth-order valence-electron chi connectivity index (χ4n) is 2.06. The van der Waals surface area contributed by atoms with Crippen LogP contribution in [-0.4, -0.2) is 17.3 Å². The van der Waals surface area contributed by atoms with Gasteiger partial charge in [-0.05, 0) is 6.42 Å². The third-order valence-corrected chi connectivity index (χ3v) is 3.28. The van der Waals surface area contributed by atoms with Gasteiger partial charge in [-0.3, -0.25) is 14.9 Å². The molecule has 0 rings (SSSR count). The molecule has 0 aliphatic carbocycles. The van der Waals surface area contributed by atoms with Crippen molar-refractivity contribution in [3.8, 4) is 0 Å². The van der Waals surface area contributed by atoms with Gasteiger partial charge in [0.25, 0.3) is 6.04 Å². The number of nitrogens with zero attached hydrogens (tertiary/aromatic N) is 1. The molecule has 0 aromatic rings. The minimum absolute atomic E-state index is 0.396. The third kappa shape index (κ3) is 10.2. The maximum atomic E-state index is 10.4. The molecule has 1 unspecified atom stereocenters. The highest BCUT2D eigenvalue weighted by atomic mass is 16.6. The molecule has 0 aromatic heterocycles. The molecule has 4 nitrogen and oxygen atoms in total. The van der Waals surface area contributed by atoms with Crippen molar-refractivity contribution in [1.82, 2.24) is 0 Å². The monoisotopic (exact) mass is 257 g/mol. The Morgan fingerprint density at radius 2 is 1.39 bits per heavy atom. The average molecular weight is 257 g/mol. The van der Waals surface area contributed by atoms with E-state index in [0.29, 0.717) is 12.7 Å². The molecule has 0 saturated carbocycles. The van der Waals surface area contributed by atoms with Crippen molar-refractivity contribution in [2.75, 3.05) is 0 Å². The van der Waals surface area contributed by atoms with E-state index in [4.69, 9.17) is 0 Å². The number of hydrogen-bond acceptors (Lipinski definition) is 3. The van der Waals surface area contributed by atoms with Crippen LogP contribution in [0, 0.1) is 10.1 Å². The summed E-state index contributed by atoms with van der Waals surface area (Å²) < 4.78 is 0. The second-order valence-corrected chi connectivity index (χ2v) is 4.96. The molecular weight excluding hydrogens is 230 g/mol. The summed E-state index contributed by atoms with van der Waals surface area (Å²) in [4.78, 5) is 20.3. The van der Waals surface area contributed by atoms with E-state index >= 15 is 0 Å². The van der Waals surface area contributed by atoms with Crippen molar-refractivity contribution in [2.45, 2.75) is 83.6 Å². The van der Waals surface area contributed by atoms with Gasteiger partial charge in [0.2, 0.25) is 0 Å². The van der Waals surface area contributed by atoms with Crippen molar-refractivity contribution in [3.05, 3.63) is 10.1 Å². The first-order valence-electron chi connectivity index (χ1n) is 7.31. The number of aldehydes is 1.